The maximum Gasteiger partial charge on any atom is 0.119 e. The Labute approximate surface area is 128 Å². The van der Waals surface area contributed by atoms with E-state index in [0.29, 0.717) is 16.8 Å². The highest BCUT2D eigenvalue weighted by molar-refractivity contribution is 8.00. The van der Waals surface area contributed by atoms with Crippen molar-refractivity contribution in [1.29, 1.82) is 0 Å². The van der Waals surface area contributed by atoms with Crippen LogP contribution in [-0.4, -0.2) is 16.8 Å². The van der Waals surface area contributed by atoms with Crippen molar-refractivity contribution in [3.63, 3.8) is 0 Å². The molecule has 0 aliphatic carbocycles. The Bertz CT molecular complexity index is 600. The maximum atomic E-state index is 5.85. The van der Waals surface area contributed by atoms with Crippen LogP contribution in [0.1, 0.15) is 11.1 Å². The molecule has 2 aromatic carbocycles. The number of ether oxygens (including phenoxy) is 1. The monoisotopic (exact) mass is 301 g/mol. The van der Waals surface area contributed by atoms with Crippen LogP contribution in [0.25, 0.3) is 0 Å². The van der Waals surface area contributed by atoms with E-state index in [4.69, 9.17) is 22.7 Å². The fourth-order valence-corrected chi connectivity index (χ4v) is 3.61. The zero-order chi connectivity index (χ0) is 13.9. The summed E-state index contributed by atoms with van der Waals surface area (Å²) in [6.07, 6.45) is 1.08. The van der Waals surface area contributed by atoms with Gasteiger partial charge in [0.1, 0.15) is 17.3 Å². The maximum absolute atomic E-state index is 5.85. The van der Waals surface area contributed by atoms with Gasteiger partial charge in [0.25, 0.3) is 0 Å². The third-order valence-electron chi connectivity index (χ3n) is 3.29. The molecular weight excluding hydrogens is 286 g/mol. The first-order chi connectivity index (χ1) is 9.72. The first kappa shape index (κ1) is 13.5. The lowest BCUT2D eigenvalue weighted by Gasteiger charge is -2.11. The fourth-order valence-electron chi connectivity index (χ4n) is 2.25. The van der Waals surface area contributed by atoms with Crippen LogP contribution in [0, 0.1) is 0 Å². The van der Waals surface area contributed by atoms with Crippen molar-refractivity contribution in [2.24, 2.45) is 5.73 Å². The first-order valence-corrected chi connectivity index (χ1v) is 7.78. The Morgan fingerprint density at radius 1 is 1.20 bits per heavy atom. The molecule has 0 saturated heterocycles. The molecular formula is C16H15NOS2. The zero-order valence-electron chi connectivity index (χ0n) is 10.9. The topological polar surface area (TPSA) is 35.2 Å². The predicted molar refractivity (Wildman–Crippen MR) is 87.6 cm³/mol. The highest BCUT2D eigenvalue weighted by atomic mass is 32.2. The lowest BCUT2D eigenvalue weighted by atomic mass is 10.1. The molecule has 20 heavy (non-hydrogen) atoms. The number of thiocarbonyl (C=S) groups is 1. The van der Waals surface area contributed by atoms with Crippen LogP contribution in [0.15, 0.2) is 53.4 Å². The second kappa shape index (κ2) is 5.85. The highest BCUT2D eigenvalue weighted by Crippen LogP contribution is 2.36. The van der Waals surface area contributed by atoms with E-state index in [2.05, 4.69) is 24.3 Å². The van der Waals surface area contributed by atoms with E-state index in [-0.39, 0.29) is 0 Å². The first-order valence-electron chi connectivity index (χ1n) is 6.49. The Kier molecular flexibility index (Phi) is 3.94. The van der Waals surface area contributed by atoms with Gasteiger partial charge in [-0.2, -0.15) is 0 Å². The smallest absolute Gasteiger partial charge is 0.119 e. The van der Waals surface area contributed by atoms with Gasteiger partial charge in [0, 0.05) is 15.7 Å². The largest absolute Gasteiger partial charge is 0.492 e. The third-order valence-corrected chi connectivity index (χ3v) is 4.81. The summed E-state index contributed by atoms with van der Waals surface area (Å²) < 4.78 is 5.85. The summed E-state index contributed by atoms with van der Waals surface area (Å²) in [7, 11) is 0. The second-order valence-electron chi connectivity index (χ2n) is 4.75. The number of rotatable bonds is 4. The Balaban J connectivity index is 1.57. The van der Waals surface area contributed by atoms with E-state index >= 15 is 0 Å². The minimum atomic E-state index is 0.415. The number of fused-ring (bicyclic) bond motifs is 1. The number of nitrogens with two attached hydrogens (primary N) is 1. The number of hydrogen-bond donors (Lipinski definition) is 1. The van der Waals surface area contributed by atoms with E-state index < -0.39 is 0 Å². The SMILES string of the molecule is NC(=S)c1ccc(OCC2Cc3ccccc3S2)cc1. The third kappa shape index (κ3) is 2.97. The molecule has 4 heteroatoms. The lowest BCUT2D eigenvalue weighted by Crippen LogP contribution is -2.13. The van der Waals surface area contributed by atoms with Crippen LogP contribution in [0.3, 0.4) is 0 Å². The van der Waals surface area contributed by atoms with Gasteiger partial charge in [-0.25, -0.2) is 0 Å². The molecule has 1 unspecified atom stereocenters. The minimum absolute atomic E-state index is 0.415. The van der Waals surface area contributed by atoms with E-state index in [9.17, 15) is 0 Å². The Morgan fingerprint density at radius 3 is 2.65 bits per heavy atom. The van der Waals surface area contributed by atoms with Gasteiger partial charge in [0.2, 0.25) is 0 Å². The predicted octanol–water partition coefficient (Wildman–Crippen LogP) is 3.42. The second-order valence-corrected chi connectivity index (χ2v) is 6.53. The molecule has 102 valence electrons. The van der Waals surface area contributed by atoms with Crippen LogP contribution >= 0.6 is 24.0 Å². The van der Waals surface area contributed by atoms with Gasteiger partial charge in [0.15, 0.2) is 0 Å². The zero-order valence-corrected chi connectivity index (χ0v) is 12.5. The van der Waals surface area contributed by atoms with Crippen molar-refractivity contribution in [2.75, 3.05) is 6.61 Å². The van der Waals surface area contributed by atoms with Crippen LogP contribution < -0.4 is 10.5 Å². The molecule has 1 aliphatic rings. The van der Waals surface area contributed by atoms with E-state index in [1.165, 1.54) is 10.5 Å². The number of benzene rings is 2. The van der Waals surface area contributed by atoms with Gasteiger partial charge in [-0.1, -0.05) is 30.4 Å². The summed E-state index contributed by atoms with van der Waals surface area (Å²) in [5.74, 6) is 0.863. The molecule has 1 aliphatic heterocycles. The van der Waals surface area contributed by atoms with E-state index in [0.717, 1.165) is 17.7 Å². The van der Waals surface area contributed by atoms with Crippen molar-refractivity contribution < 1.29 is 4.74 Å². The Hall–Kier alpha value is -1.52. The number of hydrogen-bond acceptors (Lipinski definition) is 3. The summed E-state index contributed by atoms with van der Waals surface area (Å²) in [6, 6.07) is 16.2. The van der Waals surface area contributed by atoms with Crippen molar-refractivity contribution >= 4 is 29.0 Å². The van der Waals surface area contributed by atoms with Crippen molar-refractivity contribution in [3.05, 3.63) is 59.7 Å². The van der Waals surface area contributed by atoms with Crippen molar-refractivity contribution in [2.45, 2.75) is 16.6 Å². The van der Waals surface area contributed by atoms with Crippen LogP contribution in [0.4, 0.5) is 0 Å². The average Bonchev–Trinajstić information content (AvgIpc) is 2.88. The molecule has 0 spiro atoms. The van der Waals surface area contributed by atoms with Gasteiger partial charge in [-0.15, -0.1) is 11.8 Å². The lowest BCUT2D eigenvalue weighted by molar-refractivity contribution is 0.317. The summed E-state index contributed by atoms with van der Waals surface area (Å²) in [5.41, 5.74) is 7.87. The van der Waals surface area contributed by atoms with Gasteiger partial charge in [-0.05, 0) is 42.3 Å². The molecule has 0 fully saturated rings. The van der Waals surface area contributed by atoms with Gasteiger partial charge < -0.3 is 10.5 Å². The van der Waals surface area contributed by atoms with Gasteiger partial charge in [-0.3, -0.25) is 0 Å². The molecule has 1 heterocycles. The van der Waals surface area contributed by atoms with E-state index in [1.807, 2.05) is 36.0 Å². The fraction of sp³-hybridized carbons (Fsp3) is 0.188. The molecule has 0 bridgehead atoms. The average molecular weight is 301 g/mol. The van der Waals surface area contributed by atoms with E-state index in [1.54, 1.807) is 0 Å². The molecule has 2 aromatic rings. The van der Waals surface area contributed by atoms with Crippen LogP contribution in [-0.2, 0) is 6.42 Å². The summed E-state index contributed by atoms with van der Waals surface area (Å²) in [6.45, 7) is 0.714. The van der Waals surface area contributed by atoms with Gasteiger partial charge in [0.05, 0.1) is 0 Å². The summed E-state index contributed by atoms with van der Waals surface area (Å²) >= 11 is 6.83. The van der Waals surface area contributed by atoms with Crippen molar-refractivity contribution in [3.8, 4) is 5.75 Å². The van der Waals surface area contributed by atoms with Crippen LogP contribution in [0.2, 0.25) is 0 Å². The normalized spacial score (nSPS) is 16.7. The summed E-state index contributed by atoms with van der Waals surface area (Å²) in [5, 5.41) is 0.489. The molecule has 0 radical (unpaired) electrons. The molecule has 0 amide bonds. The van der Waals surface area contributed by atoms with Crippen molar-refractivity contribution in [1.82, 2.24) is 0 Å². The highest BCUT2D eigenvalue weighted by Gasteiger charge is 2.22. The molecule has 0 aromatic heterocycles. The Morgan fingerprint density at radius 2 is 1.95 bits per heavy atom. The minimum Gasteiger partial charge on any atom is -0.492 e. The molecule has 2 nitrogen and oxygen atoms in total. The standard InChI is InChI=1S/C16H15NOS2/c17-16(19)11-5-7-13(8-6-11)18-10-14-9-12-3-1-2-4-15(12)20-14/h1-8,14H,9-10H2,(H2,17,19). The van der Waals surface area contributed by atoms with Gasteiger partial charge >= 0.3 is 0 Å². The molecule has 3 rings (SSSR count). The molecule has 1 atom stereocenters. The quantitative estimate of drug-likeness (QED) is 0.878. The van der Waals surface area contributed by atoms with Crippen LogP contribution in [0.5, 0.6) is 5.75 Å². The number of thioether (sulfide) groups is 1. The molecule has 0 saturated carbocycles. The summed E-state index contributed by atoms with van der Waals surface area (Å²) in [4.78, 5) is 1.79. The molecule has 2 N–H and O–H groups in total.